The lowest BCUT2D eigenvalue weighted by Gasteiger charge is -2.14. The van der Waals surface area contributed by atoms with Crippen molar-refractivity contribution in [2.45, 2.75) is 25.7 Å². The van der Waals surface area contributed by atoms with Crippen LogP contribution in [-0.2, 0) is 0 Å². The maximum Gasteiger partial charge on any atom is 0.268 e. The van der Waals surface area contributed by atoms with Gasteiger partial charge in [-0.25, -0.2) is 0 Å². The maximum atomic E-state index is 11.3. The highest BCUT2D eigenvalue weighted by Gasteiger charge is 2.28. The number of rotatable bonds is 3. The molecule has 0 aliphatic heterocycles. The van der Waals surface area contributed by atoms with E-state index in [9.17, 15) is 9.59 Å². The fourth-order valence-electron chi connectivity index (χ4n) is 1.89. The van der Waals surface area contributed by atoms with Crippen LogP contribution in [0.1, 0.15) is 31.2 Å². The van der Waals surface area contributed by atoms with Crippen molar-refractivity contribution < 1.29 is 4.74 Å². The summed E-state index contributed by atoms with van der Waals surface area (Å²) < 4.78 is 5.16. The smallest absolute Gasteiger partial charge is 0.268 e. The first-order valence-electron chi connectivity index (χ1n) is 4.88. The van der Waals surface area contributed by atoms with E-state index >= 15 is 0 Å². The molecule has 0 saturated carbocycles. The molecule has 1 aliphatic carbocycles. The molecule has 3 heteroatoms. The molecule has 1 atom stereocenters. The molecule has 2 rings (SSSR count). The SMILES string of the molecule is CCOc1c(C2C=CCC2)c(=O)c1=O. The Morgan fingerprint density at radius 2 is 2.21 bits per heavy atom. The number of ether oxygens (including phenoxy) is 1. The first-order chi connectivity index (χ1) is 6.75. The average molecular weight is 192 g/mol. The molecule has 1 aliphatic rings. The third kappa shape index (κ3) is 1.20. The van der Waals surface area contributed by atoms with Gasteiger partial charge in [0, 0.05) is 5.92 Å². The van der Waals surface area contributed by atoms with E-state index in [0.717, 1.165) is 12.8 Å². The van der Waals surface area contributed by atoms with Gasteiger partial charge in [0.2, 0.25) is 5.43 Å². The fraction of sp³-hybridized carbons (Fsp3) is 0.455. The highest BCUT2D eigenvalue weighted by molar-refractivity contribution is 5.44. The Balaban J connectivity index is 2.33. The molecule has 0 amide bonds. The summed E-state index contributed by atoms with van der Waals surface area (Å²) in [5.41, 5.74) is -0.224. The summed E-state index contributed by atoms with van der Waals surface area (Å²) in [6.07, 6.45) is 5.93. The number of hydrogen-bond donors (Lipinski definition) is 0. The molecule has 14 heavy (non-hydrogen) atoms. The molecule has 0 aromatic heterocycles. The quantitative estimate of drug-likeness (QED) is 0.532. The van der Waals surface area contributed by atoms with E-state index < -0.39 is 5.43 Å². The Morgan fingerprint density at radius 3 is 2.79 bits per heavy atom. The van der Waals surface area contributed by atoms with E-state index in [2.05, 4.69) is 0 Å². The van der Waals surface area contributed by atoms with Gasteiger partial charge in [-0.3, -0.25) is 9.59 Å². The highest BCUT2D eigenvalue weighted by atomic mass is 16.5. The largest absolute Gasteiger partial charge is 0.489 e. The lowest BCUT2D eigenvalue weighted by Crippen LogP contribution is -2.37. The molecular weight excluding hydrogens is 180 g/mol. The Labute approximate surface area is 81.7 Å². The van der Waals surface area contributed by atoms with Crippen LogP contribution in [0, 0.1) is 0 Å². The van der Waals surface area contributed by atoms with Crippen LogP contribution in [0.15, 0.2) is 21.7 Å². The van der Waals surface area contributed by atoms with Crippen LogP contribution >= 0.6 is 0 Å². The van der Waals surface area contributed by atoms with Gasteiger partial charge in [0.25, 0.3) is 5.43 Å². The Kier molecular flexibility index (Phi) is 2.23. The second kappa shape index (κ2) is 3.40. The molecule has 0 spiro atoms. The van der Waals surface area contributed by atoms with Crippen molar-refractivity contribution in [2.75, 3.05) is 6.61 Å². The van der Waals surface area contributed by atoms with Gasteiger partial charge in [0.1, 0.15) is 0 Å². The van der Waals surface area contributed by atoms with Crippen LogP contribution in [0.3, 0.4) is 0 Å². The zero-order valence-corrected chi connectivity index (χ0v) is 8.08. The van der Waals surface area contributed by atoms with Gasteiger partial charge in [-0.15, -0.1) is 0 Å². The zero-order valence-electron chi connectivity index (χ0n) is 8.08. The number of hydrogen-bond acceptors (Lipinski definition) is 3. The lowest BCUT2D eigenvalue weighted by atomic mass is 9.93. The second-order valence-electron chi connectivity index (χ2n) is 3.45. The molecule has 0 heterocycles. The fourth-order valence-corrected chi connectivity index (χ4v) is 1.89. The van der Waals surface area contributed by atoms with Gasteiger partial charge in [-0.05, 0) is 19.8 Å². The van der Waals surface area contributed by atoms with E-state index in [1.165, 1.54) is 0 Å². The maximum absolute atomic E-state index is 11.3. The minimum absolute atomic E-state index is 0.113. The Bertz CT molecular complexity index is 435. The van der Waals surface area contributed by atoms with Crippen LogP contribution in [0.4, 0.5) is 0 Å². The third-order valence-corrected chi connectivity index (χ3v) is 2.57. The molecule has 1 aromatic rings. The lowest BCUT2D eigenvalue weighted by molar-refractivity contribution is 0.326. The first-order valence-corrected chi connectivity index (χ1v) is 4.88. The van der Waals surface area contributed by atoms with Gasteiger partial charge in [0.15, 0.2) is 5.75 Å². The van der Waals surface area contributed by atoms with Gasteiger partial charge in [0.05, 0.1) is 12.2 Å². The third-order valence-electron chi connectivity index (χ3n) is 2.57. The average Bonchev–Trinajstić information content (AvgIpc) is 2.70. The van der Waals surface area contributed by atoms with Crippen LogP contribution in [0.2, 0.25) is 0 Å². The molecule has 1 unspecified atom stereocenters. The van der Waals surface area contributed by atoms with Gasteiger partial charge >= 0.3 is 0 Å². The summed E-state index contributed by atoms with van der Waals surface area (Å²) in [5, 5.41) is 0. The minimum Gasteiger partial charge on any atom is -0.489 e. The molecule has 0 N–H and O–H groups in total. The van der Waals surface area contributed by atoms with Crippen LogP contribution < -0.4 is 15.6 Å². The van der Waals surface area contributed by atoms with E-state index in [-0.39, 0.29) is 11.3 Å². The van der Waals surface area contributed by atoms with Crippen LogP contribution in [-0.4, -0.2) is 6.61 Å². The predicted octanol–water partition coefficient (Wildman–Crippen LogP) is 1.11. The first kappa shape index (κ1) is 9.19. The van der Waals surface area contributed by atoms with E-state index in [0.29, 0.717) is 17.9 Å². The van der Waals surface area contributed by atoms with Crippen LogP contribution in [0.5, 0.6) is 5.75 Å². The minimum atomic E-state index is -0.456. The van der Waals surface area contributed by atoms with Crippen molar-refractivity contribution in [3.05, 3.63) is 38.2 Å². The van der Waals surface area contributed by atoms with Crippen molar-refractivity contribution in [1.29, 1.82) is 0 Å². The molecule has 74 valence electrons. The van der Waals surface area contributed by atoms with E-state index in [4.69, 9.17) is 4.74 Å². The van der Waals surface area contributed by atoms with Crippen molar-refractivity contribution in [3.63, 3.8) is 0 Å². The second-order valence-corrected chi connectivity index (χ2v) is 3.45. The summed E-state index contributed by atoms with van der Waals surface area (Å²) in [4.78, 5) is 22.5. The van der Waals surface area contributed by atoms with Crippen LogP contribution in [0.25, 0.3) is 0 Å². The Hall–Kier alpha value is -1.38. The molecule has 1 aromatic carbocycles. The molecule has 3 nitrogen and oxygen atoms in total. The summed E-state index contributed by atoms with van der Waals surface area (Å²) in [6.45, 7) is 2.25. The normalized spacial score (nSPS) is 20.5. The molecule has 0 fully saturated rings. The predicted molar refractivity (Wildman–Crippen MR) is 53.6 cm³/mol. The van der Waals surface area contributed by atoms with Gasteiger partial charge in [-0.1, -0.05) is 12.2 Å². The van der Waals surface area contributed by atoms with E-state index in [1.807, 2.05) is 19.1 Å². The van der Waals surface area contributed by atoms with Gasteiger partial charge in [-0.2, -0.15) is 0 Å². The molecule has 0 radical (unpaired) electrons. The number of allylic oxidation sites excluding steroid dienone is 2. The summed E-state index contributed by atoms with van der Waals surface area (Å²) in [5.74, 6) is 0.413. The van der Waals surface area contributed by atoms with Crippen molar-refractivity contribution in [1.82, 2.24) is 0 Å². The van der Waals surface area contributed by atoms with Gasteiger partial charge < -0.3 is 4.74 Å². The molecule has 0 saturated heterocycles. The molecule has 0 bridgehead atoms. The molecular formula is C11H12O3. The van der Waals surface area contributed by atoms with E-state index in [1.54, 1.807) is 0 Å². The summed E-state index contributed by atoms with van der Waals surface area (Å²) >= 11 is 0. The standard InChI is InChI=1S/C11H12O3/c1-2-14-11-8(9(12)10(11)13)7-5-3-4-6-7/h3,5,7H,2,4,6H2,1H3. The highest BCUT2D eigenvalue weighted by Crippen LogP contribution is 2.31. The zero-order chi connectivity index (χ0) is 10.1. The van der Waals surface area contributed by atoms with Crippen molar-refractivity contribution in [3.8, 4) is 5.75 Å². The summed E-state index contributed by atoms with van der Waals surface area (Å²) in [6, 6.07) is 0. The summed E-state index contributed by atoms with van der Waals surface area (Å²) in [7, 11) is 0. The Morgan fingerprint density at radius 1 is 1.43 bits per heavy atom. The monoisotopic (exact) mass is 192 g/mol. The van der Waals surface area contributed by atoms with Crippen molar-refractivity contribution >= 4 is 0 Å². The topological polar surface area (TPSA) is 43.4 Å². The van der Waals surface area contributed by atoms with Crippen molar-refractivity contribution in [2.24, 2.45) is 0 Å².